The molecule has 0 radical (unpaired) electrons. The highest BCUT2D eigenvalue weighted by Gasteiger charge is 2.29. The van der Waals surface area contributed by atoms with Crippen LogP contribution in [0.1, 0.15) is 25.0 Å². The molecule has 0 bridgehead atoms. The molecule has 0 saturated heterocycles. The largest absolute Gasteiger partial charge is 0.298 e. The molecule has 0 saturated carbocycles. The molecule has 0 unspecified atom stereocenters. The minimum Gasteiger partial charge on any atom is -0.298 e. The summed E-state index contributed by atoms with van der Waals surface area (Å²) in [6, 6.07) is 8.12. The van der Waals surface area contributed by atoms with Gasteiger partial charge in [0.1, 0.15) is 11.6 Å². The molecule has 0 aliphatic heterocycles. The van der Waals surface area contributed by atoms with Crippen molar-refractivity contribution in [2.45, 2.75) is 25.7 Å². The second-order valence-corrected chi connectivity index (χ2v) is 5.64. The maximum atomic E-state index is 12.9. The van der Waals surface area contributed by atoms with Crippen LogP contribution in [0.25, 0.3) is 0 Å². The van der Waals surface area contributed by atoms with Crippen LogP contribution in [0.2, 0.25) is 0 Å². The van der Waals surface area contributed by atoms with Crippen LogP contribution in [0.4, 0.5) is 4.39 Å². The van der Waals surface area contributed by atoms with E-state index in [4.69, 9.17) is 0 Å². The molecule has 3 heteroatoms. The first-order valence-corrected chi connectivity index (χ1v) is 6.75. The van der Waals surface area contributed by atoms with E-state index in [0.717, 1.165) is 11.1 Å². The van der Waals surface area contributed by atoms with Crippen LogP contribution in [0.15, 0.2) is 41.1 Å². The van der Waals surface area contributed by atoms with Crippen molar-refractivity contribution in [3.63, 3.8) is 0 Å². The van der Waals surface area contributed by atoms with Gasteiger partial charge >= 0.3 is 0 Å². The van der Waals surface area contributed by atoms with E-state index in [-0.39, 0.29) is 11.6 Å². The third-order valence-electron chi connectivity index (χ3n) is 3.21. The zero-order valence-electron chi connectivity index (χ0n) is 10.4. The van der Waals surface area contributed by atoms with Gasteiger partial charge in [0.15, 0.2) is 0 Å². The van der Waals surface area contributed by atoms with E-state index in [1.165, 1.54) is 12.1 Å². The molecular weight excluding hydrogens is 247 g/mol. The van der Waals surface area contributed by atoms with Crippen molar-refractivity contribution >= 4 is 17.1 Å². The Morgan fingerprint density at radius 1 is 1.22 bits per heavy atom. The van der Waals surface area contributed by atoms with Crippen molar-refractivity contribution in [3.05, 3.63) is 58.0 Å². The molecule has 1 aromatic carbocycles. The van der Waals surface area contributed by atoms with Crippen LogP contribution in [-0.2, 0) is 16.6 Å². The average Bonchev–Trinajstić information content (AvgIpc) is 2.82. The molecule has 0 N–H and O–H groups in total. The first-order chi connectivity index (χ1) is 8.50. The van der Waals surface area contributed by atoms with Crippen molar-refractivity contribution in [2.24, 2.45) is 0 Å². The Hall–Kier alpha value is -1.48. The first-order valence-electron chi connectivity index (χ1n) is 5.80. The summed E-state index contributed by atoms with van der Waals surface area (Å²) in [5.41, 5.74) is 1.31. The van der Waals surface area contributed by atoms with Crippen LogP contribution in [-0.4, -0.2) is 5.78 Å². The molecule has 0 spiro atoms. The molecule has 1 heterocycles. The van der Waals surface area contributed by atoms with Crippen LogP contribution in [0.5, 0.6) is 0 Å². The summed E-state index contributed by atoms with van der Waals surface area (Å²) in [6.07, 6.45) is 0.424. The summed E-state index contributed by atoms with van der Waals surface area (Å²) >= 11 is 1.59. The number of ketones is 1. The minimum atomic E-state index is -0.588. The Kier molecular flexibility index (Phi) is 3.62. The van der Waals surface area contributed by atoms with Crippen molar-refractivity contribution in [1.29, 1.82) is 0 Å². The third-order valence-corrected chi connectivity index (χ3v) is 3.94. The second kappa shape index (κ2) is 5.02. The lowest BCUT2D eigenvalue weighted by atomic mass is 9.79. The summed E-state index contributed by atoms with van der Waals surface area (Å²) in [5, 5.41) is 3.95. The quantitative estimate of drug-likeness (QED) is 0.814. The number of Topliss-reactive ketones (excluding diaryl/α,β-unsaturated/α-hetero) is 1. The van der Waals surface area contributed by atoms with Crippen molar-refractivity contribution in [1.82, 2.24) is 0 Å². The smallest absolute Gasteiger partial charge is 0.147 e. The highest BCUT2D eigenvalue weighted by atomic mass is 32.1. The summed E-state index contributed by atoms with van der Waals surface area (Å²) in [5.74, 6) is -0.132. The highest BCUT2D eigenvalue weighted by Crippen LogP contribution is 2.26. The topological polar surface area (TPSA) is 17.1 Å². The zero-order chi connectivity index (χ0) is 13.2. The third kappa shape index (κ3) is 2.67. The first kappa shape index (κ1) is 13.0. The Bertz CT molecular complexity index is 526. The monoisotopic (exact) mass is 262 g/mol. The number of hydrogen-bond acceptors (Lipinski definition) is 2. The van der Waals surface area contributed by atoms with E-state index in [9.17, 15) is 9.18 Å². The molecule has 0 atom stereocenters. The molecule has 94 valence electrons. The molecule has 0 amide bonds. The van der Waals surface area contributed by atoms with E-state index >= 15 is 0 Å². The fourth-order valence-electron chi connectivity index (χ4n) is 1.83. The molecular formula is C15H15FOS. The molecule has 0 aliphatic carbocycles. The Morgan fingerprint density at radius 3 is 2.44 bits per heavy atom. The maximum absolute atomic E-state index is 12.9. The van der Waals surface area contributed by atoms with E-state index in [1.54, 1.807) is 23.5 Å². The number of carbonyl (C=O) groups is 1. The van der Waals surface area contributed by atoms with E-state index in [1.807, 2.05) is 30.7 Å². The molecule has 18 heavy (non-hydrogen) atoms. The van der Waals surface area contributed by atoms with Crippen molar-refractivity contribution in [2.75, 3.05) is 0 Å². The summed E-state index contributed by atoms with van der Waals surface area (Å²) in [6.45, 7) is 3.77. The Morgan fingerprint density at radius 2 is 1.89 bits per heavy atom. The Labute approximate surface area is 110 Å². The van der Waals surface area contributed by atoms with Gasteiger partial charge < -0.3 is 0 Å². The molecule has 1 aromatic heterocycles. The molecule has 2 aromatic rings. The lowest BCUT2D eigenvalue weighted by Crippen LogP contribution is -2.30. The van der Waals surface area contributed by atoms with E-state index in [2.05, 4.69) is 0 Å². The van der Waals surface area contributed by atoms with Gasteiger partial charge in [0, 0.05) is 11.8 Å². The predicted molar refractivity (Wildman–Crippen MR) is 72.5 cm³/mol. The normalized spacial score (nSPS) is 11.5. The second-order valence-electron chi connectivity index (χ2n) is 4.86. The maximum Gasteiger partial charge on any atom is 0.147 e. The van der Waals surface area contributed by atoms with Gasteiger partial charge in [-0.05, 0) is 53.9 Å². The lowest BCUT2D eigenvalue weighted by Gasteiger charge is -2.23. The van der Waals surface area contributed by atoms with Gasteiger partial charge in [-0.1, -0.05) is 12.1 Å². The number of thiophene rings is 1. The standard InChI is InChI=1S/C15H15FOS/c1-15(2,12-3-5-13(16)6-4-12)14(17)9-11-7-8-18-10-11/h3-8,10H,9H2,1-2H3. The zero-order valence-corrected chi connectivity index (χ0v) is 11.3. The van der Waals surface area contributed by atoms with Gasteiger partial charge in [-0.2, -0.15) is 11.3 Å². The van der Waals surface area contributed by atoms with Crippen LogP contribution in [0.3, 0.4) is 0 Å². The van der Waals surface area contributed by atoms with Crippen LogP contribution in [0, 0.1) is 5.82 Å². The van der Waals surface area contributed by atoms with Gasteiger partial charge in [0.25, 0.3) is 0 Å². The SMILES string of the molecule is CC(C)(C(=O)Cc1ccsc1)c1ccc(F)cc1. The van der Waals surface area contributed by atoms with Gasteiger partial charge in [-0.3, -0.25) is 4.79 Å². The summed E-state index contributed by atoms with van der Waals surface area (Å²) in [4.78, 5) is 12.3. The number of benzene rings is 1. The van der Waals surface area contributed by atoms with E-state index < -0.39 is 5.41 Å². The fourth-order valence-corrected chi connectivity index (χ4v) is 2.50. The van der Waals surface area contributed by atoms with Crippen LogP contribution >= 0.6 is 11.3 Å². The minimum absolute atomic E-state index is 0.146. The number of rotatable bonds is 4. The summed E-state index contributed by atoms with van der Waals surface area (Å²) in [7, 11) is 0. The van der Waals surface area contributed by atoms with Gasteiger partial charge in [0.05, 0.1) is 0 Å². The van der Waals surface area contributed by atoms with Gasteiger partial charge in [0.2, 0.25) is 0 Å². The Balaban J connectivity index is 2.19. The molecule has 0 aliphatic rings. The summed E-state index contributed by atoms with van der Waals surface area (Å²) < 4.78 is 12.9. The predicted octanol–water partition coefficient (Wildman–Crippen LogP) is 3.98. The number of hydrogen-bond donors (Lipinski definition) is 0. The van der Waals surface area contributed by atoms with Gasteiger partial charge in [-0.15, -0.1) is 0 Å². The molecule has 0 fully saturated rings. The number of halogens is 1. The number of carbonyl (C=O) groups excluding carboxylic acids is 1. The van der Waals surface area contributed by atoms with E-state index in [0.29, 0.717) is 6.42 Å². The molecule has 2 rings (SSSR count). The van der Waals surface area contributed by atoms with Gasteiger partial charge in [-0.25, -0.2) is 4.39 Å². The van der Waals surface area contributed by atoms with Crippen molar-refractivity contribution < 1.29 is 9.18 Å². The average molecular weight is 262 g/mol. The van der Waals surface area contributed by atoms with Crippen LogP contribution < -0.4 is 0 Å². The van der Waals surface area contributed by atoms with Crippen molar-refractivity contribution in [3.8, 4) is 0 Å². The fraction of sp³-hybridized carbons (Fsp3) is 0.267. The molecule has 1 nitrogen and oxygen atoms in total. The highest BCUT2D eigenvalue weighted by molar-refractivity contribution is 7.08. The lowest BCUT2D eigenvalue weighted by molar-refractivity contribution is -0.122.